The van der Waals surface area contributed by atoms with E-state index in [1.807, 2.05) is 0 Å². The highest BCUT2D eigenvalue weighted by atomic mass is 19.4. The van der Waals surface area contributed by atoms with Gasteiger partial charge in [-0.15, -0.1) is 0 Å². The fourth-order valence-corrected chi connectivity index (χ4v) is 2.14. The monoisotopic (exact) mass is 373 g/mol. The number of benzene rings is 1. The minimum absolute atomic E-state index is 0.0507. The quantitative estimate of drug-likeness (QED) is 0.707. The first-order valence-corrected chi connectivity index (χ1v) is 7.61. The van der Waals surface area contributed by atoms with Crippen LogP contribution in [-0.4, -0.2) is 54.9 Å². The van der Waals surface area contributed by atoms with Gasteiger partial charge in [-0.1, -0.05) is 29.4 Å². The van der Waals surface area contributed by atoms with Crippen LogP contribution < -0.4 is 0 Å². The fourth-order valence-electron chi connectivity index (χ4n) is 2.14. The van der Waals surface area contributed by atoms with Crippen molar-refractivity contribution >= 4 is 5.91 Å². The number of carbonyl (C=O) groups excluding carboxylic acids is 1. The van der Waals surface area contributed by atoms with E-state index in [0.29, 0.717) is 25.3 Å². The topological polar surface area (TPSA) is 77.7 Å². The molecular formula is C16H18F3N3O4. The zero-order chi connectivity index (χ0) is 19.2. The SMILES string of the molecule is COCCN(Cc1ccc(-c2noc(C(F)(F)F)n2)cc1)C(=O)COC. The van der Waals surface area contributed by atoms with Crippen molar-refractivity contribution in [2.24, 2.45) is 0 Å². The van der Waals surface area contributed by atoms with Gasteiger partial charge in [-0.2, -0.15) is 18.2 Å². The molecule has 1 heterocycles. The molecule has 0 bridgehead atoms. The van der Waals surface area contributed by atoms with E-state index in [0.717, 1.165) is 5.56 Å². The molecule has 0 aliphatic rings. The highest BCUT2D eigenvalue weighted by Crippen LogP contribution is 2.29. The van der Waals surface area contributed by atoms with Crippen LogP contribution in [0.25, 0.3) is 11.4 Å². The molecule has 0 saturated heterocycles. The molecule has 2 aromatic rings. The number of nitrogens with zero attached hydrogens (tertiary/aromatic N) is 3. The number of amides is 1. The molecule has 0 fully saturated rings. The van der Waals surface area contributed by atoms with Crippen LogP contribution in [0.1, 0.15) is 11.5 Å². The predicted molar refractivity (Wildman–Crippen MR) is 83.9 cm³/mol. The minimum atomic E-state index is -4.69. The van der Waals surface area contributed by atoms with E-state index in [1.54, 1.807) is 29.2 Å². The number of halogens is 3. The number of rotatable bonds is 8. The van der Waals surface area contributed by atoms with E-state index in [4.69, 9.17) is 9.47 Å². The van der Waals surface area contributed by atoms with Crippen molar-refractivity contribution in [1.82, 2.24) is 15.0 Å². The maximum atomic E-state index is 12.5. The molecule has 0 N–H and O–H groups in total. The van der Waals surface area contributed by atoms with Crippen molar-refractivity contribution in [2.75, 3.05) is 34.0 Å². The summed E-state index contributed by atoms with van der Waals surface area (Å²) in [7, 11) is 2.97. The van der Waals surface area contributed by atoms with E-state index < -0.39 is 12.1 Å². The lowest BCUT2D eigenvalue weighted by atomic mass is 10.1. The molecule has 0 saturated carbocycles. The van der Waals surface area contributed by atoms with Crippen molar-refractivity contribution in [2.45, 2.75) is 12.7 Å². The summed E-state index contributed by atoms with van der Waals surface area (Å²) in [6, 6.07) is 6.49. The maximum Gasteiger partial charge on any atom is 0.471 e. The van der Waals surface area contributed by atoms with Crippen LogP contribution in [-0.2, 0) is 27.0 Å². The maximum absolute atomic E-state index is 12.5. The van der Waals surface area contributed by atoms with Crippen molar-refractivity contribution in [3.63, 3.8) is 0 Å². The van der Waals surface area contributed by atoms with Crippen LogP contribution in [0.2, 0.25) is 0 Å². The Labute approximate surface area is 147 Å². The largest absolute Gasteiger partial charge is 0.471 e. The molecule has 142 valence electrons. The second-order valence-electron chi connectivity index (χ2n) is 5.36. The lowest BCUT2D eigenvalue weighted by Crippen LogP contribution is -2.35. The molecule has 7 nitrogen and oxygen atoms in total. The summed E-state index contributed by atoms with van der Waals surface area (Å²) < 4.78 is 51.6. The summed E-state index contributed by atoms with van der Waals surface area (Å²) in [5.41, 5.74) is 1.16. The van der Waals surface area contributed by atoms with Gasteiger partial charge in [-0.3, -0.25) is 4.79 Å². The molecule has 0 unspecified atom stereocenters. The van der Waals surface area contributed by atoms with Crippen LogP contribution in [0.4, 0.5) is 13.2 Å². The van der Waals surface area contributed by atoms with Crippen LogP contribution in [0, 0.1) is 0 Å². The number of ether oxygens (including phenoxy) is 2. The fraction of sp³-hybridized carbons (Fsp3) is 0.438. The van der Waals surface area contributed by atoms with Gasteiger partial charge in [0.25, 0.3) is 0 Å². The molecule has 0 spiro atoms. The third kappa shape index (κ3) is 5.27. The summed E-state index contributed by atoms with van der Waals surface area (Å²) in [5, 5.41) is 3.33. The molecule has 0 aliphatic carbocycles. The smallest absolute Gasteiger partial charge is 0.383 e. The van der Waals surface area contributed by atoms with Gasteiger partial charge in [-0.25, -0.2) is 0 Å². The summed E-state index contributed by atoms with van der Waals surface area (Å²) in [5.74, 6) is -1.75. The van der Waals surface area contributed by atoms with Gasteiger partial charge in [0.05, 0.1) is 6.61 Å². The van der Waals surface area contributed by atoms with Gasteiger partial charge in [0.2, 0.25) is 11.7 Å². The molecule has 1 amide bonds. The van der Waals surface area contributed by atoms with Crippen molar-refractivity contribution in [3.05, 3.63) is 35.7 Å². The Balaban J connectivity index is 2.09. The molecular weight excluding hydrogens is 355 g/mol. The Morgan fingerprint density at radius 1 is 1.19 bits per heavy atom. The van der Waals surface area contributed by atoms with Gasteiger partial charge >= 0.3 is 12.1 Å². The lowest BCUT2D eigenvalue weighted by Gasteiger charge is -2.22. The van der Waals surface area contributed by atoms with Crippen molar-refractivity contribution < 1.29 is 32.0 Å². The molecule has 1 aromatic carbocycles. The molecule has 10 heteroatoms. The first-order valence-electron chi connectivity index (χ1n) is 7.61. The zero-order valence-electron chi connectivity index (χ0n) is 14.2. The summed E-state index contributed by atoms with van der Waals surface area (Å²) in [4.78, 5) is 16.9. The minimum Gasteiger partial charge on any atom is -0.383 e. The van der Waals surface area contributed by atoms with Crippen LogP contribution in [0.3, 0.4) is 0 Å². The van der Waals surface area contributed by atoms with E-state index in [-0.39, 0.29) is 18.3 Å². The average Bonchev–Trinajstić information content (AvgIpc) is 3.10. The second kappa shape index (κ2) is 8.77. The number of hydrogen-bond acceptors (Lipinski definition) is 6. The average molecular weight is 373 g/mol. The van der Waals surface area contributed by atoms with Crippen molar-refractivity contribution in [3.8, 4) is 11.4 Å². The van der Waals surface area contributed by atoms with Gasteiger partial charge in [-0.05, 0) is 5.56 Å². The van der Waals surface area contributed by atoms with Gasteiger partial charge in [0.15, 0.2) is 0 Å². The molecule has 1 aromatic heterocycles. The van der Waals surface area contributed by atoms with E-state index in [9.17, 15) is 18.0 Å². The van der Waals surface area contributed by atoms with Crippen LogP contribution >= 0.6 is 0 Å². The number of carbonyl (C=O) groups is 1. The molecule has 2 rings (SSSR count). The number of aromatic nitrogens is 2. The Morgan fingerprint density at radius 3 is 2.42 bits per heavy atom. The van der Waals surface area contributed by atoms with Gasteiger partial charge in [0, 0.05) is 32.9 Å². The van der Waals surface area contributed by atoms with Gasteiger partial charge < -0.3 is 18.9 Å². The first kappa shape index (κ1) is 19.9. The normalized spacial score (nSPS) is 11.6. The Kier molecular flexibility index (Phi) is 6.70. The van der Waals surface area contributed by atoms with Gasteiger partial charge in [0.1, 0.15) is 6.61 Å². The molecule has 0 atom stereocenters. The van der Waals surface area contributed by atoms with E-state index >= 15 is 0 Å². The zero-order valence-corrected chi connectivity index (χ0v) is 14.2. The Bertz CT molecular complexity index is 716. The third-order valence-electron chi connectivity index (χ3n) is 3.44. The molecule has 26 heavy (non-hydrogen) atoms. The number of hydrogen-bond donors (Lipinski definition) is 0. The van der Waals surface area contributed by atoms with Crippen molar-refractivity contribution in [1.29, 1.82) is 0 Å². The Morgan fingerprint density at radius 2 is 1.88 bits per heavy atom. The highest BCUT2D eigenvalue weighted by molar-refractivity contribution is 5.77. The lowest BCUT2D eigenvalue weighted by molar-refractivity contribution is -0.159. The molecule has 0 aliphatic heterocycles. The van der Waals surface area contributed by atoms with Crippen LogP contribution in [0.5, 0.6) is 0 Å². The first-order chi connectivity index (χ1) is 12.3. The van der Waals surface area contributed by atoms with Crippen LogP contribution in [0.15, 0.2) is 28.8 Å². The number of alkyl halides is 3. The summed E-state index contributed by atoms with van der Waals surface area (Å²) >= 11 is 0. The summed E-state index contributed by atoms with van der Waals surface area (Å²) in [6.45, 7) is 1.02. The number of methoxy groups -OCH3 is 2. The third-order valence-corrected chi connectivity index (χ3v) is 3.44. The Hall–Kier alpha value is -2.46. The van der Waals surface area contributed by atoms with E-state index in [2.05, 4.69) is 14.7 Å². The predicted octanol–water partition coefficient (Wildman–Crippen LogP) is 2.38. The molecule has 0 radical (unpaired) electrons. The summed E-state index contributed by atoms with van der Waals surface area (Å²) in [6.07, 6.45) is -4.69. The van der Waals surface area contributed by atoms with E-state index in [1.165, 1.54) is 14.2 Å². The standard InChI is InChI=1S/C16H18F3N3O4/c1-24-8-7-22(13(23)10-25-2)9-11-3-5-12(6-4-11)14-20-15(26-21-14)16(17,18)19/h3-6H,7-10H2,1-2H3. The highest BCUT2D eigenvalue weighted by Gasteiger charge is 2.38. The second-order valence-corrected chi connectivity index (χ2v) is 5.36.